The van der Waals surface area contributed by atoms with Crippen LogP contribution in [0.15, 0.2) is 30.6 Å². The summed E-state index contributed by atoms with van der Waals surface area (Å²) in [5.41, 5.74) is 1.65. The number of anilines is 2. The SMILES string of the molecule is Cn1cnc([N+](=O)[O-])c1NCc1cccc(NC(=O)C2CC2)c1. The Morgan fingerprint density at radius 3 is 2.96 bits per heavy atom. The van der Waals surface area contributed by atoms with Crippen molar-refractivity contribution in [2.24, 2.45) is 13.0 Å². The standard InChI is InChI=1S/C15H17N5O3/c1-19-9-17-14(20(22)23)13(19)16-8-10-3-2-4-12(7-10)18-15(21)11-5-6-11/h2-4,7,9,11,16H,5-6,8H2,1H3,(H,18,21). The van der Waals surface area contributed by atoms with E-state index in [1.165, 1.54) is 6.33 Å². The zero-order valence-corrected chi connectivity index (χ0v) is 12.7. The van der Waals surface area contributed by atoms with Gasteiger partial charge in [0.05, 0.1) is 0 Å². The van der Waals surface area contributed by atoms with Gasteiger partial charge < -0.3 is 20.7 Å². The van der Waals surface area contributed by atoms with Crippen molar-refractivity contribution in [3.8, 4) is 0 Å². The van der Waals surface area contributed by atoms with Gasteiger partial charge in [-0.05, 0) is 40.4 Å². The van der Waals surface area contributed by atoms with Crippen LogP contribution in [0, 0.1) is 16.0 Å². The smallest absolute Gasteiger partial charge is 0.360 e. The Hall–Kier alpha value is -2.90. The lowest BCUT2D eigenvalue weighted by atomic mass is 10.2. The molecule has 23 heavy (non-hydrogen) atoms. The summed E-state index contributed by atoms with van der Waals surface area (Å²) in [5, 5.41) is 16.8. The van der Waals surface area contributed by atoms with Gasteiger partial charge in [0.15, 0.2) is 0 Å². The van der Waals surface area contributed by atoms with Gasteiger partial charge >= 0.3 is 5.82 Å². The zero-order valence-electron chi connectivity index (χ0n) is 12.7. The van der Waals surface area contributed by atoms with Gasteiger partial charge in [-0.2, -0.15) is 0 Å². The maximum Gasteiger partial charge on any atom is 0.406 e. The lowest BCUT2D eigenvalue weighted by Crippen LogP contribution is -2.13. The van der Waals surface area contributed by atoms with Crippen molar-refractivity contribution < 1.29 is 9.72 Å². The molecule has 8 nitrogen and oxygen atoms in total. The number of rotatable bonds is 6. The third-order valence-electron chi connectivity index (χ3n) is 3.69. The maximum atomic E-state index is 11.8. The molecular weight excluding hydrogens is 298 g/mol. The van der Waals surface area contributed by atoms with Crippen LogP contribution in [0.3, 0.4) is 0 Å². The van der Waals surface area contributed by atoms with E-state index < -0.39 is 4.92 Å². The molecule has 2 aromatic rings. The highest BCUT2D eigenvalue weighted by molar-refractivity contribution is 5.94. The number of carbonyl (C=O) groups excluding carboxylic acids is 1. The number of nitrogens with one attached hydrogen (secondary N) is 2. The van der Waals surface area contributed by atoms with E-state index in [1.807, 2.05) is 24.3 Å². The Morgan fingerprint density at radius 1 is 1.48 bits per heavy atom. The Bertz CT molecular complexity index is 751. The number of hydrogen-bond acceptors (Lipinski definition) is 5. The molecule has 1 fully saturated rings. The number of nitrogens with zero attached hydrogens (tertiary/aromatic N) is 3. The Kier molecular flexibility index (Phi) is 3.96. The topological polar surface area (TPSA) is 102 Å². The predicted octanol–water partition coefficient (Wildman–Crippen LogP) is 2.29. The molecule has 3 rings (SSSR count). The Labute approximate surface area is 132 Å². The monoisotopic (exact) mass is 315 g/mol. The van der Waals surface area contributed by atoms with Crippen LogP contribution in [0.4, 0.5) is 17.3 Å². The minimum Gasteiger partial charge on any atom is -0.360 e. The molecular formula is C15H17N5O3. The number of imidazole rings is 1. The summed E-state index contributed by atoms with van der Waals surface area (Å²) in [6.45, 7) is 0.396. The molecule has 0 atom stereocenters. The van der Waals surface area contributed by atoms with E-state index >= 15 is 0 Å². The molecule has 0 radical (unpaired) electrons. The molecule has 1 amide bonds. The van der Waals surface area contributed by atoms with Crippen LogP contribution >= 0.6 is 0 Å². The van der Waals surface area contributed by atoms with Crippen LogP contribution in [-0.2, 0) is 18.4 Å². The molecule has 1 aromatic heterocycles. The lowest BCUT2D eigenvalue weighted by molar-refractivity contribution is -0.388. The highest BCUT2D eigenvalue weighted by atomic mass is 16.6. The van der Waals surface area contributed by atoms with Gasteiger partial charge in [0.25, 0.3) is 0 Å². The summed E-state index contributed by atoms with van der Waals surface area (Å²) in [5.74, 6) is 0.347. The highest BCUT2D eigenvalue weighted by Crippen LogP contribution is 2.30. The molecule has 1 aliphatic carbocycles. The van der Waals surface area contributed by atoms with Gasteiger partial charge in [0, 0.05) is 25.2 Å². The number of nitro groups is 1. The summed E-state index contributed by atoms with van der Waals surface area (Å²) in [6, 6.07) is 7.42. The quantitative estimate of drug-likeness (QED) is 0.629. The number of amides is 1. The summed E-state index contributed by atoms with van der Waals surface area (Å²) in [7, 11) is 1.69. The van der Waals surface area contributed by atoms with Crippen molar-refractivity contribution in [3.63, 3.8) is 0 Å². The number of aryl methyl sites for hydroxylation is 1. The fourth-order valence-electron chi connectivity index (χ4n) is 2.29. The fraction of sp³-hybridized carbons (Fsp3) is 0.333. The molecule has 1 aromatic carbocycles. The normalized spacial score (nSPS) is 13.6. The third kappa shape index (κ3) is 3.47. The van der Waals surface area contributed by atoms with Crippen LogP contribution < -0.4 is 10.6 Å². The molecule has 120 valence electrons. The van der Waals surface area contributed by atoms with E-state index in [0.717, 1.165) is 24.1 Å². The van der Waals surface area contributed by atoms with Gasteiger partial charge in [-0.25, -0.2) is 0 Å². The first-order chi connectivity index (χ1) is 11.0. The molecule has 1 heterocycles. The minimum atomic E-state index is -0.519. The molecule has 1 saturated carbocycles. The van der Waals surface area contributed by atoms with E-state index in [-0.39, 0.29) is 17.6 Å². The molecule has 0 unspecified atom stereocenters. The summed E-state index contributed by atoms with van der Waals surface area (Å²) in [6.07, 6.45) is 3.31. The van der Waals surface area contributed by atoms with Crippen LogP contribution in [0.2, 0.25) is 0 Å². The van der Waals surface area contributed by atoms with E-state index in [1.54, 1.807) is 11.6 Å². The Morgan fingerprint density at radius 2 is 2.26 bits per heavy atom. The van der Waals surface area contributed by atoms with Crippen molar-refractivity contribution in [2.45, 2.75) is 19.4 Å². The van der Waals surface area contributed by atoms with Crippen molar-refractivity contribution in [1.82, 2.24) is 9.55 Å². The first-order valence-corrected chi connectivity index (χ1v) is 7.34. The minimum absolute atomic E-state index is 0.0531. The van der Waals surface area contributed by atoms with E-state index in [4.69, 9.17) is 0 Å². The third-order valence-corrected chi connectivity index (χ3v) is 3.69. The fourth-order valence-corrected chi connectivity index (χ4v) is 2.29. The number of hydrogen-bond donors (Lipinski definition) is 2. The van der Waals surface area contributed by atoms with Crippen LogP contribution in [0.5, 0.6) is 0 Å². The maximum absolute atomic E-state index is 11.8. The highest BCUT2D eigenvalue weighted by Gasteiger charge is 2.29. The number of carbonyl (C=O) groups is 1. The van der Waals surface area contributed by atoms with E-state index in [2.05, 4.69) is 15.6 Å². The summed E-state index contributed by atoms with van der Waals surface area (Å²) >= 11 is 0. The molecule has 8 heteroatoms. The predicted molar refractivity (Wildman–Crippen MR) is 85.0 cm³/mol. The van der Waals surface area contributed by atoms with E-state index in [0.29, 0.717) is 12.4 Å². The van der Waals surface area contributed by atoms with Crippen molar-refractivity contribution in [1.29, 1.82) is 0 Å². The average Bonchev–Trinajstić information content (AvgIpc) is 3.29. The van der Waals surface area contributed by atoms with Crippen LogP contribution in [-0.4, -0.2) is 20.4 Å². The second kappa shape index (κ2) is 6.07. The first kappa shape index (κ1) is 15.0. The van der Waals surface area contributed by atoms with Gasteiger partial charge in [0.2, 0.25) is 18.1 Å². The van der Waals surface area contributed by atoms with Gasteiger partial charge in [-0.3, -0.25) is 9.36 Å². The molecule has 0 saturated heterocycles. The van der Waals surface area contributed by atoms with E-state index in [9.17, 15) is 14.9 Å². The second-order valence-electron chi connectivity index (χ2n) is 5.60. The summed E-state index contributed by atoms with van der Waals surface area (Å²) < 4.78 is 1.57. The summed E-state index contributed by atoms with van der Waals surface area (Å²) in [4.78, 5) is 26.0. The van der Waals surface area contributed by atoms with Crippen LogP contribution in [0.1, 0.15) is 18.4 Å². The molecule has 0 aliphatic heterocycles. The molecule has 0 bridgehead atoms. The van der Waals surface area contributed by atoms with Crippen LogP contribution in [0.25, 0.3) is 0 Å². The largest absolute Gasteiger partial charge is 0.406 e. The van der Waals surface area contributed by atoms with Crippen molar-refractivity contribution in [3.05, 3.63) is 46.3 Å². The zero-order chi connectivity index (χ0) is 16.4. The average molecular weight is 315 g/mol. The Balaban J connectivity index is 1.67. The molecule has 1 aliphatic rings. The molecule has 0 spiro atoms. The molecule has 2 N–H and O–H groups in total. The lowest BCUT2D eigenvalue weighted by Gasteiger charge is -2.09. The first-order valence-electron chi connectivity index (χ1n) is 7.34. The van der Waals surface area contributed by atoms with Gasteiger partial charge in [-0.15, -0.1) is 0 Å². The number of aromatic nitrogens is 2. The second-order valence-corrected chi connectivity index (χ2v) is 5.60. The van der Waals surface area contributed by atoms with Gasteiger partial charge in [0.1, 0.15) is 0 Å². The van der Waals surface area contributed by atoms with Crippen molar-refractivity contribution >= 4 is 23.2 Å². The van der Waals surface area contributed by atoms with Gasteiger partial charge in [-0.1, -0.05) is 12.1 Å². The van der Waals surface area contributed by atoms with Crippen molar-refractivity contribution in [2.75, 3.05) is 10.6 Å². The number of benzene rings is 1.